The first-order valence-corrected chi connectivity index (χ1v) is 6.36. The molecular weight excluding hydrogens is 244 g/mol. The van der Waals surface area contributed by atoms with E-state index >= 15 is 0 Å². The third-order valence-electron chi connectivity index (χ3n) is 2.65. The Morgan fingerprint density at radius 2 is 2.17 bits per heavy atom. The van der Waals surface area contributed by atoms with Crippen LogP contribution < -0.4 is 0 Å². The molecule has 2 heterocycles. The maximum absolute atomic E-state index is 10.1. The number of aliphatic hydroxyl groups excluding tert-OH is 1. The zero-order valence-corrected chi connectivity index (χ0v) is 10.3. The molecule has 2 aromatic heterocycles. The predicted molar refractivity (Wildman–Crippen MR) is 74.4 cm³/mol. The molecule has 0 fully saturated rings. The molecule has 0 aliphatic rings. The molecular formula is C14H10N2OS. The van der Waals surface area contributed by atoms with E-state index in [-0.39, 0.29) is 5.76 Å². The topological polar surface area (TPSA) is 46.0 Å². The van der Waals surface area contributed by atoms with Crippen molar-refractivity contribution < 1.29 is 5.11 Å². The number of rotatable bonds is 2. The van der Waals surface area contributed by atoms with E-state index in [1.165, 1.54) is 17.7 Å². The van der Waals surface area contributed by atoms with Gasteiger partial charge in [-0.1, -0.05) is 18.2 Å². The van der Waals surface area contributed by atoms with E-state index in [1.54, 1.807) is 12.3 Å². The van der Waals surface area contributed by atoms with Gasteiger partial charge in [-0.15, -0.1) is 11.3 Å². The summed E-state index contributed by atoms with van der Waals surface area (Å²) >= 11 is 1.51. The van der Waals surface area contributed by atoms with Gasteiger partial charge in [-0.05, 0) is 29.2 Å². The molecule has 0 atom stereocenters. The molecule has 18 heavy (non-hydrogen) atoms. The molecule has 1 N–H and O–H groups in total. The molecule has 0 aliphatic heterocycles. The Morgan fingerprint density at radius 1 is 1.22 bits per heavy atom. The maximum Gasteiger partial charge on any atom is 0.133 e. The number of benzene rings is 1. The molecule has 0 spiro atoms. The first-order valence-electron chi connectivity index (χ1n) is 5.48. The number of thiophene rings is 1. The lowest BCUT2D eigenvalue weighted by Gasteiger charge is -2.01. The van der Waals surface area contributed by atoms with Crippen molar-refractivity contribution in [3.8, 4) is 0 Å². The van der Waals surface area contributed by atoms with E-state index in [1.807, 2.05) is 35.7 Å². The van der Waals surface area contributed by atoms with E-state index in [0.717, 1.165) is 21.3 Å². The number of aliphatic hydroxyl groups is 1. The minimum absolute atomic E-state index is 0.265. The summed E-state index contributed by atoms with van der Waals surface area (Å²) < 4.78 is 0. The third-order valence-corrected chi connectivity index (χ3v) is 3.54. The standard InChI is InChI=1S/C14H10N2OS/c17-13(14-5-2-6-18-14)7-10-3-1-4-12-11(10)8-15-9-16-12/h1-9,17H. The summed E-state index contributed by atoms with van der Waals surface area (Å²) in [5.74, 6) is 0.265. The highest BCUT2D eigenvalue weighted by atomic mass is 32.1. The molecule has 0 aliphatic carbocycles. The first-order chi connectivity index (χ1) is 8.84. The van der Waals surface area contributed by atoms with Crippen molar-refractivity contribution >= 4 is 34.1 Å². The molecule has 0 saturated heterocycles. The van der Waals surface area contributed by atoms with Crippen LogP contribution in [-0.2, 0) is 0 Å². The lowest BCUT2D eigenvalue weighted by atomic mass is 10.1. The second-order valence-corrected chi connectivity index (χ2v) is 4.76. The van der Waals surface area contributed by atoms with Crippen LogP contribution in [0.1, 0.15) is 10.4 Å². The Bertz CT molecular complexity index is 699. The molecule has 3 aromatic rings. The number of fused-ring (bicyclic) bond motifs is 1. The SMILES string of the molecule is OC(=Cc1cccc2ncncc12)c1cccs1. The lowest BCUT2D eigenvalue weighted by molar-refractivity contribution is 0.517. The zero-order chi connectivity index (χ0) is 12.4. The Labute approximate surface area is 108 Å². The van der Waals surface area contributed by atoms with Crippen molar-refractivity contribution in [2.45, 2.75) is 0 Å². The van der Waals surface area contributed by atoms with Crippen LogP contribution in [0, 0.1) is 0 Å². The lowest BCUT2D eigenvalue weighted by Crippen LogP contribution is -1.85. The van der Waals surface area contributed by atoms with Crippen molar-refractivity contribution in [2.24, 2.45) is 0 Å². The van der Waals surface area contributed by atoms with Crippen molar-refractivity contribution in [3.05, 3.63) is 58.7 Å². The van der Waals surface area contributed by atoms with Crippen LogP contribution in [0.15, 0.2) is 48.2 Å². The van der Waals surface area contributed by atoms with Gasteiger partial charge in [-0.25, -0.2) is 9.97 Å². The van der Waals surface area contributed by atoms with Crippen LogP contribution in [-0.4, -0.2) is 15.1 Å². The van der Waals surface area contributed by atoms with Crippen molar-refractivity contribution in [1.82, 2.24) is 9.97 Å². The van der Waals surface area contributed by atoms with Crippen molar-refractivity contribution in [1.29, 1.82) is 0 Å². The summed E-state index contributed by atoms with van der Waals surface area (Å²) in [5.41, 5.74) is 1.79. The van der Waals surface area contributed by atoms with Gasteiger partial charge in [0.2, 0.25) is 0 Å². The third kappa shape index (κ3) is 1.98. The highest BCUT2D eigenvalue weighted by Gasteiger charge is 2.03. The summed E-state index contributed by atoms with van der Waals surface area (Å²) in [6.07, 6.45) is 5.03. The first kappa shape index (κ1) is 10.9. The van der Waals surface area contributed by atoms with Crippen LogP contribution in [0.25, 0.3) is 22.7 Å². The van der Waals surface area contributed by atoms with Gasteiger partial charge in [0, 0.05) is 11.6 Å². The van der Waals surface area contributed by atoms with E-state index < -0.39 is 0 Å². The van der Waals surface area contributed by atoms with Crippen LogP contribution >= 0.6 is 11.3 Å². The second kappa shape index (κ2) is 4.58. The van der Waals surface area contributed by atoms with Gasteiger partial charge in [0.15, 0.2) is 0 Å². The number of hydrogen-bond donors (Lipinski definition) is 1. The van der Waals surface area contributed by atoms with E-state index in [9.17, 15) is 5.11 Å². The summed E-state index contributed by atoms with van der Waals surface area (Å²) in [7, 11) is 0. The molecule has 0 bridgehead atoms. The molecule has 4 heteroatoms. The van der Waals surface area contributed by atoms with Gasteiger partial charge in [-0.2, -0.15) is 0 Å². The van der Waals surface area contributed by atoms with Crippen molar-refractivity contribution in [2.75, 3.05) is 0 Å². The van der Waals surface area contributed by atoms with Crippen LogP contribution in [0.3, 0.4) is 0 Å². The minimum Gasteiger partial charge on any atom is -0.506 e. The van der Waals surface area contributed by atoms with Gasteiger partial charge in [0.1, 0.15) is 12.1 Å². The van der Waals surface area contributed by atoms with Crippen molar-refractivity contribution in [3.63, 3.8) is 0 Å². The summed E-state index contributed by atoms with van der Waals surface area (Å²) in [4.78, 5) is 9.07. The van der Waals surface area contributed by atoms with E-state index in [2.05, 4.69) is 9.97 Å². The maximum atomic E-state index is 10.1. The molecule has 0 saturated carbocycles. The fourth-order valence-electron chi connectivity index (χ4n) is 1.80. The molecule has 3 nitrogen and oxygen atoms in total. The average molecular weight is 254 g/mol. The molecule has 3 rings (SSSR count). The number of aromatic nitrogens is 2. The fraction of sp³-hybridized carbons (Fsp3) is 0. The van der Waals surface area contributed by atoms with Gasteiger partial charge in [0.05, 0.1) is 10.4 Å². The smallest absolute Gasteiger partial charge is 0.133 e. The summed E-state index contributed by atoms with van der Waals surface area (Å²) in [5, 5.41) is 12.9. The monoisotopic (exact) mass is 254 g/mol. The molecule has 0 amide bonds. The van der Waals surface area contributed by atoms with Crippen LogP contribution in [0.4, 0.5) is 0 Å². The minimum atomic E-state index is 0.265. The summed E-state index contributed by atoms with van der Waals surface area (Å²) in [6, 6.07) is 9.59. The quantitative estimate of drug-likeness (QED) is 0.708. The largest absolute Gasteiger partial charge is 0.506 e. The zero-order valence-electron chi connectivity index (χ0n) is 9.45. The van der Waals surface area contributed by atoms with Crippen LogP contribution in [0.5, 0.6) is 0 Å². The Morgan fingerprint density at radius 3 is 3.00 bits per heavy atom. The number of hydrogen-bond acceptors (Lipinski definition) is 4. The predicted octanol–water partition coefficient (Wildman–Crippen LogP) is 3.75. The molecule has 0 radical (unpaired) electrons. The molecule has 88 valence electrons. The summed E-state index contributed by atoms with van der Waals surface area (Å²) in [6.45, 7) is 0. The Balaban J connectivity index is 2.13. The highest BCUT2D eigenvalue weighted by molar-refractivity contribution is 7.11. The number of nitrogens with zero attached hydrogens (tertiary/aromatic N) is 2. The average Bonchev–Trinajstić information content (AvgIpc) is 2.93. The molecule has 0 unspecified atom stereocenters. The van der Waals surface area contributed by atoms with Crippen LogP contribution in [0.2, 0.25) is 0 Å². The van der Waals surface area contributed by atoms with Gasteiger partial charge >= 0.3 is 0 Å². The van der Waals surface area contributed by atoms with Gasteiger partial charge in [0.25, 0.3) is 0 Å². The Kier molecular flexibility index (Phi) is 2.78. The fourth-order valence-corrected chi connectivity index (χ4v) is 2.44. The van der Waals surface area contributed by atoms with Gasteiger partial charge < -0.3 is 5.11 Å². The van der Waals surface area contributed by atoms with E-state index in [4.69, 9.17) is 0 Å². The Hall–Kier alpha value is -2.20. The highest BCUT2D eigenvalue weighted by Crippen LogP contribution is 2.23. The molecule has 1 aromatic carbocycles. The van der Waals surface area contributed by atoms with Gasteiger partial charge in [-0.3, -0.25) is 0 Å². The second-order valence-electron chi connectivity index (χ2n) is 3.81. The van der Waals surface area contributed by atoms with E-state index in [0.29, 0.717) is 0 Å². The normalized spacial score (nSPS) is 11.9.